The fourth-order valence-electron chi connectivity index (χ4n) is 2.26. The molecule has 0 fully saturated rings. The highest BCUT2D eigenvalue weighted by atomic mass is 35.5. The Balaban J connectivity index is 1.88. The number of benzene rings is 2. The summed E-state index contributed by atoms with van der Waals surface area (Å²) in [6.45, 7) is 0. The number of nitrogens with one attached hydrogen (secondary N) is 2. The second-order valence-corrected chi connectivity index (χ2v) is 8.30. The predicted octanol–water partition coefficient (Wildman–Crippen LogP) is 3.94. The third-order valence-corrected chi connectivity index (χ3v) is 6.00. The van der Waals surface area contributed by atoms with Gasteiger partial charge in [-0.05, 0) is 18.2 Å². The minimum atomic E-state index is -4.22. The second-order valence-electron chi connectivity index (χ2n) is 5.35. The topological polar surface area (TPSA) is 97.1 Å². The van der Waals surface area contributed by atoms with Crippen LogP contribution in [0.25, 0.3) is 0 Å². The van der Waals surface area contributed by atoms with Crippen molar-refractivity contribution in [3.05, 3.63) is 70.2 Å². The molecule has 1 aromatic heterocycles. The van der Waals surface area contributed by atoms with Crippen LogP contribution in [0.15, 0.2) is 52.9 Å². The molecule has 11 heteroatoms. The summed E-state index contributed by atoms with van der Waals surface area (Å²) in [5, 5.41) is 4.24. The monoisotopic (exact) mass is 430 g/mol. The summed E-state index contributed by atoms with van der Waals surface area (Å²) >= 11 is 7.12. The molecule has 1 atom stereocenters. The number of sulfonamides is 1. The normalized spacial score (nSPS) is 12.6. The predicted molar refractivity (Wildman–Crippen MR) is 101 cm³/mol. The van der Waals surface area contributed by atoms with Crippen molar-refractivity contribution in [1.29, 1.82) is 0 Å². The van der Waals surface area contributed by atoms with Gasteiger partial charge in [-0.1, -0.05) is 29.8 Å². The van der Waals surface area contributed by atoms with Crippen molar-refractivity contribution < 1.29 is 17.2 Å². The Morgan fingerprint density at radius 1 is 1.19 bits per heavy atom. The van der Waals surface area contributed by atoms with Crippen molar-refractivity contribution in [2.75, 3.05) is 10.0 Å². The number of anilines is 2. The van der Waals surface area contributed by atoms with E-state index in [0.29, 0.717) is 0 Å². The van der Waals surface area contributed by atoms with E-state index in [4.69, 9.17) is 17.3 Å². The SMILES string of the molecule is N[C@H](Nc1cc(F)c(S(=O)(=O)Nc2nccs2)cc1Cl)c1ccccc1F. The van der Waals surface area contributed by atoms with Crippen molar-refractivity contribution in [2.45, 2.75) is 11.1 Å². The number of hydrogen-bond donors (Lipinski definition) is 3. The standard InChI is InChI=1S/C16H13ClF2N4O2S2/c17-10-7-14(27(24,25)23-16-21-5-6-26-16)12(19)8-13(10)22-15(20)9-3-1-2-4-11(9)18/h1-8,15,22H,20H2,(H,21,23)/t15-/m1/s1. The lowest BCUT2D eigenvalue weighted by Crippen LogP contribution is -2.22. The van der Waals surface area contributed by atoms with Gasteiger partial charge in [-0.25, -0.2) is 22.2 Å². The van der Waals surface area contributed by atoms with Crippen molar-refractivity contribution in [3.63, 3.8) is 0 Å². The Bertz CT molecular complexity index is 1060. The lowest BCUT2D eigenvalue weighted by molar-refractivity contribution is 0.570. The Morgan fingerprint density at radius 3 is 2.59 bits per heavy atom. The van der Waals surface area contributed by atoms with E-state index in [1.807, 2.05) is 0 Å². The van der Waals surface area contributed by atoms with Crippen LogP contribution in [0, 0.1) is 11.6 Å². The molecule has 0 aliphatic carbocycles. The molecule has 27 heavy (non-hydrogen) atoms. The average Bonchev–Trinajstić information content (AvgIpc) is 3.10. The Labute approximate surface area is 163 Å². The summed E-state index contributed by atoms with van der Waals surface area (Å²) in [6.07, 6.45) is 0.391. The van der Waals surface area contributed by atoms with Crippen LogP contribution in [0.5, 0.6) is 0 Å². The van der Waals surface area contributed by atoms with Crippen LogP contribution < -0.4 is 15.8 Å². The fourth-order valence-corrected chi connectivity index (χ4v) is 4.42. The van der Waals surface area contributed by atoms with E-state index in [1.54, 1.807) is 11.4 Å². The molecule has 4 N–H and O–H groups in total. The van der Waals surface area contributed by atoms with Crippen LogP contribution in [0.1, 0.15) is 11.7 Å². The van der Waals surface area contributed by atoms with Gasteiger partial charge in [-0.2, -0.15) is 0 Å². The maximum absolute atomic E-state index is 14.4. The summed E-state index contributed by atoms with van der Waals surface area (Å²) < 4.78 is 55.1. The molecule has 3 rings (SSSR count). The van der Waals surface area contributed by atoms with E-state index in [2.05, 4.69) is 15.0 Å². The van der Waals surface area contributed by atoms with E-state index in [9.17, 15) is 17.2 Å². The Hall–Kier alpha value is -2.27. The maximum Gasteiger partial charge on any atom is 0.266 e. The van der Waals surface area contributed by atoms with Crippen LogP contribution in [0.3, 0.4) is 0 Å². The van der Waals surface area contributed by atoms with E-state index in [1.165, 1.54) is 24.4 Å². The molecule has 0 unspecified atom stereocenters. The molecular formula is C16H13ClF2N4O2S2. The maximum atomic E-state index is 14.4. The Kier molecular flexibility index (Phi) is 5.61. The minimum Gasteiger partial charge on any atom is -0.365 e. The van der Waals surface area contributed by atoms with Crippen molar-refractivity contribution in [3.8, 4) is 0 Å². The van der Waals surface area contributed by atoms with Gasteiger partial charge in [0.15, 0.2) is 5.13 Å². The van der Waals surface area contributed by atoms with Gasteiger partial charge in [-0.15, -0.1) is 11.3 Å². The molecule has 142 valence electrons. The molecule has 2 aromatic carbocycles. The first-order chi connectivity index (χ1) is 12.8. The highest BCUT2D eigenvalue weighted by molar-refractivity contribution is 7.93. The van der Waals surface area contributed by atoms with Gasteiger partial charge in [0.05, 0.1) is 10.7 Å². The van der Waals surface area contributed by atoms with Crippen molar-refractivity contribution >= 4 is 43.8 Å². The summed E-state index contributed by atoms with van der Waals surface area (Å²) in [5.74, 6) is -1.59. The summed E-state index contributed by atoms with van der Waals surface area (Å²) in [6, 6.07) is 7.64. The molecule has 0 aliphatic heterocycles. The summed E-state index contributed by atoms with van der Waals surface area (Å²) in [7, 11) is -4.22. The molecule has 0 radical (unpaired) electrons. The van der Waals surface area contributed by atoms with E-state index in [0.717, 1.165) is 23.5 Å². The first-order valence-electron chi connectivity index (χ1n) is 7.46. The molecule has 3 aromatic rings. The molecular weight excluding hydrogens is 418 g/mol. The van der Waals surface area contributed by atoms with Gasteiger partial charge in [0.25, 0.3) is 10.0 Å². The number of hydrogen-bond acceptors (Lipinski definition) is 6. The van der Waals surface area contributed by atoms with Crippen LogP contribution in [-0.4, -0.2) is 13.4 Å². The fraction of sp³-hybridized carbons (Fsp3) is 0.0625. The van der Waals surface area contributed by atoms with Gasteiger partial charge >= 0.3 is 0 Å². The lowest BCUT2D eigenvalue weighted by Gasteiger charge is -2.18. The zero-order valence-corrected chi connectivity index (χ0v) is 15.9. The molecule has 0 amide bonds. The van der Waals surface area contributed by atoms with E-state index >= 15 is 0 Å². The van der Waals surface area contributed by atoms with Gasteiger partial charge in [0, 0.05) is 17.1 Å². The van der Waals surface area contributed by atoms with Gasteiger partial charge in [-0.3, -0.25) is 4.72 Å². The van der Waals surface area contributed by atoms with Crippen molar-refractivity contribution in [1.82, 2.24) is 4.98 Å². The number of rotatable bonds is 6. The molecule has 0 saturated carbocycles. The lowest BCUT2D eigenvalue weighted by atomic mass is 10.1. The number of nitrogens with zero attached hydrogens (tertiary/aromatic N) is 1. The van der Waals surface area contributed by atoms with Crippen molar-refractivity contribution in [2.24, 2.45) is 5.73 Å². The smallest absolute Gasteiger partial charge is 0.266 e. The zero-order valence-electron chi connectivity index (χ0n) is 13.5. The zero-order chi connectivity index (χ0) is 19.6. The Morgan fingerprint density at radius 2 is 1.93 bits per heavy atom. The molecule has 0 aliphatic rings. The van der Waals surface area contributed by atoms with E-state index < -0.39 is 32.7 Å². The minimum absolute atomic E-state index is 0.0260. The van der Waals surface area contributed by atoms with Crippen LogP contribution in [-0.2, 0) is 10.0 Å². The third kappa shape index (κ3) is 4.35. The molecule has 0 bridgehead atoms. The second kappa shape index (κ2) is 7.77. The first-order valence-corrected chi connectivity index (χ1v) is 10.2. The van der Waals surface area contributed by atoms with Crippen LogP contribution in [0.2, 0.25) is 5.02 Å². The molecule has 0 spiro atoms. The van der Waals surface area contributed by atoms with E-state index in [-0.39, 0.29) is 21.4 Å². The first kappa shape index (κ1) is 19.5. The summed E-state index contributed by atoms with van der Waals surface area (Å²) in [4.78, 5) is 3.14. The van der Waals surface area contributed by atoms with Gasteiger partial charge in [0.2, 0.25) is 0 Å². The quantitative estimate of drug-likeness (QED) is 0.514. The summed E-state index contributed by atoms with van der Waals surface area (Å²) in [5.41, 5.74) is 6.07. The highest BCUT2D eigenvalue weighted by Crippen LogP contribution is 2.31. The van der Waals surface area contributed by atoms with Crippen LogP contribution in [0.4, 0.5) is 19.6 Å². The number of nitrogens with two attached hydrogens (primary N) is 1. The molecule has 6 nitrogen and oxygen atoms in total. The van der Waals surface area contributed by atoms with Gasteiger partial charge < -0.3 is 11.1 Å². The van der Waals surface area contributed by atoms with Gasteiger partial charge in [0.1, 0.15) is 22.7 Å². The number of halogens is 3. The number of thiazole rings is 1. The number of aromatic nitrogens is 1. The molecule has 0 saturated heterocycles. The highest BCUT2D eigenvalue weighted by Gasteiger charge is 2.23. The van der Waals surface area contributed by atoms with Crippen LogP contribution >= 0.6 is 22.9 Å². The largest absolute Gasteiger partial charge is 0.365 e. The average molecular weight is 431 g/mol. The third-order valence-electron chi connectivity index (χ3n) is 3.52. The molecule has 1 heterocycles.